The predicted octanol–water partition coefficient (Wildman–Crippen LogP) is 2.25. The van der Waals surface area contributed by atoms with Gasteiger partial charge in [0.05, 0.1) is 25.9 Å². The number of morpholine rings is 1. The second kappa shape index (κ2) is 12.5. The number of hydrogen-bond acceptors (Lipinski definition) is 4. The quantitative estimate of drug-likeness (QED) is 0.457. The number of guanidine groups is 1. The van der Waals surface area contributed by atoms with E-state index in [0.717, 1.165) is 64.9 Å². The molecule has 0 spiro atoms. The molecular weight excluding hydrogens is 328 g/mol. The first kappa shape index (κ1) is 21.5. The third-order valence-corrected chi connectivity index (χ3v) is 5.67. The molecule has 2 aliphatic rings. The highest BCUT2D eigenvalue weighted by molar-refractivity contribution is 5.79. The van der Waals surface area contributed by atoms with Crippen LogP contribution in [0, 0.1) is 5.92 Å². The van der Waals surface area contributed by atoms with E-state index in [0.29, 0.717) is 18.1 Å². The molecule has 0 aromatic heterocycles. The fourth-order valence-electron chi connectivity index (χ4n) is 4.05. The molecular formula is C20H40N4O2. The summed E-state index contributed by atoms with van der Waals surface area (Å²) in [7, 11) is 0. The van der Waals surface area contributed by atoms with Gasteiger partial charge in [-0.15, -0.1) is 0 Å². The first-order valence-electron chi connectivity index (χ1n) is 10.7. The van der Waals surface area contributed by atoms with Crippen molar-refractivity contribution < 1.29 is 9.47 Å². The van der Waals surface area contributed by atoms with Gasteiger partial charge in [0.25, 0.3) is 0 Å². The summed E-state index contributed by atoms with van der Waals surface area (Å²) in [5.74, 6) is 1.63. The monoisotopic (exact) mass is 368 g/mol. The third kappa shape index (κ3) is 7.05. The van der Waals surface area contributed by atoms with Gasteiger partial charge in [-0.3, -0.25) is 9.89 Å². The highest BCUT2D eigenvalue weighted by Gasteiger charge is 2.26. The summed E-state index contributed by atoms with van der Waals surface area (Å²) in [6.45, 7) is 14.1. The summed E-state index contributed by atoms with van der Waals surface area (Å²) in [5.41, 5.74) is 0. The lowest BCUT2D eigenvalue weighted by Gasteiger charge is -2.38. The minimum absolute atomic E-state index is 0.427. The molecule has 6 nitrogen and oxygen atoms in total. The van der Waals surface area contributed by atoms with Crippen LogP contribution in [0.5, 0.6) is 0 Å². The Balaban J connectivity index is 1.90. The van der Waals surface area contributed by atoms with Gasteiger partial charge in [-0.05, 0) is 32.1 Å². The van der Waals surface area contributed by atoms with Gasteiger partial charge in [-0.1, -0.05) is 26.7 Å². The van der Waals surface area contributed by atoms with Gasteiger partial charge in [0.2, 0.25) is 0 Å². The van der Waals surface area contributed by atoms with Crippen LogP contribution in [-0.2, 0) is 9.47 Å². The highest BCUT2D eigenvalue weighted by atomic mass is 16.5. The largest absolute Gasteiger partial charge is 0.379 e. The van der Waals surface area contributed by atoms with E-state index in [1.807, 2.05) is 0 Å². The van der Waals surface area contributed by atoms with Crippen LogP contribution in [0.2, 0.25) is 0 Å². The van der Waals surface area contributed by atoms with Crippen LogP contribution in [0.25, 0.3) is 0 Å². The Morgan fingerprint density at radius 3 is 2.50 bits per heavy atom. The molecule has 6 heteroatoms. The van der Waals surface area contributed by atoms with Gasteiger partial charge in [-0.25, -0.2) is 0 Å². The molecule has 2 heterocycles. The average Bonchev–Trinajstić information content (AvgIpc) is 3.19. The SMILES string of the molecule is CCNC(=NCC(C(CC)CC)N1CCOCC1)NCCC1CCCO1. The lowest BCUT2D eigenvalue weighted by molar-refractivity contribution is 0.00395. The first-order valence-corrected chi connectivity index (χ1v) is 10.7. The minimum atomic E-state index is 0.427. The van der Waals surface area contributed by atoms with Gasteiger partial charge >= 0.3 is 0 Å². The van der Waals surface area contributed by atoms with Gasteiger partial charge in [0.1, 0.15) is 0 Å². The molecule has 2 rings (SSSR count). The van der Waals surface area contributed by atoms with Crippen molar-refractivity contribution in [3.05, 3.63) is 0 Å². The van der Waals surface area contributed by atoms with E-state index in [9.17, 15) is 0 Å². The van der Waals surface area contributed by atoms with Crippen molar-refractivity contribution in [3.8, 4) is 0 Å². The molecule has 2 aliphatic heterocycles. The maximum absolute atomic E-state index is 5.71. The lowest BCUT2D eigenvalue weighted by atomic mass is 9.92. The zero-order chi connectivity index (χ0) is 18.6. The third-order valence-electron chi connectivity index (χ3n) is 5.67. The molecule has 0 amide bonds. The number of ether oxygens (including phenoxy) is 2. The summed E-state index contributed by atoms with van der Waals surface area (Å²) < 4.78 is 11.3. The van der Waals surface area contributed by atoms with E-state index in [2.05, 4.69) is 36.3 Å². The standard InChI is InChI=1S/C20H40N4O2/c1-4-17(5-2)19(24-11-14-25-15-12-24)16-23-20(21-6-3)22-10-9-18-8-7-13-26-18/h17-19H,4-16H2,1-3H3,(H2,21,22,23). The van der Waals surface area contributed by atoms with Crippen LogP contribution >= 0.6 is 0 Å². The van der Waals surface area contributed by atoms with E-state index < -0.39 is 0 Å². The van der Waals surface area contributed by atoms with Crippen molar-refractivity contribution in [2.75, 3.05) is 52.5 Å². The van der Waals surface area contributed by atoms with Crippen molar-refractivity contribution in [2.24, 2.45) is 10.9 Å². The van der Waals surface area contributed by atoms with Crippen LogP contribution < -0.4 is 10.6 Å². The fraction of sp³-hybridized carbons (Fsp3) is 0.950. The van der Waals surface area contributed by atoms with E-state index >= 15 is 0 Å². The number of hydrogen-bond donors (Lipinski definition) is 2. The van der Waals surface area contributed by atoms with Gasteiger partial charge in [0.15, 0.2) is 5.96 Å². The highest BCUT2D eigenvalue weighted by Crippen LogP contribution is 2.20. The Bertz CT molecular complexity index is 389. The smallest absolute Gasteiger partial charge is 0.191 e. The van der Waals surface area contributed by atoms with Crippen LogP contribution in [0.4, 0.5) is 0 Å². The molecule has 0 aromatic carbocycles. The van der Waals surface area contributed by atoms with Crippen LogP contribution in [0.3, 0.4) is 0 Å². The first-order chi connectivity index (χ1) is 12.8. The normalized spacial score (nSPS) is 23.4. The molecule has 2 saturated heterocycles. The Morgan fingerprint density at radius 1 is 1.12 bits per heavy atom. The molecule has 152 valence electrons. The fourth-order valence-corrected chi connectivity index (χ4v) is 4.05. The summed E-state index contributed by atoms with van der Waals surface area (Å²) in [5, 5.41) is 6.89. The van der Waals surface area contributed by atoms with Gasteiger partial charge in [-0.2, -0.15) is 0 Å². The molecule has 2 unspecified atom stereocenters. The van der Waals surface area contributed by atoms with Crippen LogP contribution in [0.15, 0.2) is 4.99 Å². The Labute approximate surface area is 160 Å². The summed E-state index contributed by atoms with van der Waals surface area (Å²) in [6, 6.07) is 0.502. The maximum Gasteiger partial charge on any atom is 0.191 e. The number of nitrogens with zero attached hydrogens (tertiary/aromatic N) is 2. The number of aliphatic imine (C=N–C) groups is 1. The molecule has 0 bridgehead atoms. The van der Waals surface area contributed by atoms with E-state index in [1.54, 1.807) is 0 Å². The van der Waals surface area contributed by atoms with Gasteiger partial charge < -0.3 is 20.1 Å². The lowest BCUT2D eigenvalue weighted by Crippen LogP contribution is -2.49. The summed E-state index contributed by atoms with van der Waals surface area (Å²) in [6.07, 6.45) is 6.30. The van der Waals surface area contributed by atoms with Crippen molar-refractivity contribution in [1.29, 1.82) is 0 Å². The zero-order valence-electron chi connectivity index (χ0n) is 17.1. The van der Waals surface area contributed by atoms with E-state index in [1.165, 1.54) is 25.7 Å². The van der Waals surface area contributed by atoms with Crippen LogP contribution in [0.1, 0.15) is 52.9 Å². The Hall–Kier alpha value is -0.850. The van der Waals surface area contributed by atoms with Crippen LogP contribution in [-0.4, -0.2) is 75.5 Å². The van der Waals surface area contributed by atoms with Crippen molar-refractivity contribution in [3.63, 3.8) is 0 Å². The number of rotatable bonds is 10. The molecule has 2 atom stereocenters. The second-order valence-corrected chi connectivity index (χ2v) is 7.36. The van der Waals surface area contributed by atoms with E-state index in [4.69, 9.17) is 14.5 Å². The molecule has 26 heavy (non-hydrogen) atoms. The maximum atomic E-state index is 5.71. The minimum Gasteiger partial charge on any atom is -0.379 e. The average molecular weight is 369 g/mol. The summed E-state index contributed by atoms with van der Waals surface area (Å²) >= 11 is 0. The molecule has 0 aliphatic carbocycles. The van der Waals surface area contributed by atoms with Crippen molar-refractivity contribution in [2.45, 2.75) is 65.0 Å². The topological polar surface area (TPSA) is 58.1 Å². The number of nitrogens with one attached hydrogen (secondary N) is 2. The molecule has 0 radical (unpaired) electrons. The molecule has 2 fully saturated rings. The Kier molecular flexibility index (Phi) is 10.3. The Morgan fingerprint density at radius 2 is 1.88 bits per heavy atom. The van der Waals surface area contributed by atoms with E-state index in [-0.39, 0.29) is 0 Å². The molecule has 2 N–H and O–H groups in total. The van der Waals surface area contributed by atoms with Crippen molar-refractivity contribution >= 4 is 5.96 Å². The second-order valence-electron chi connectivity index (χ2n) is 7.36. The zero-order valence-corrected chi connectivity index (χ0v) is 17.1. The van der Waals surface area contributed by atoms with Gasteiger partial charge in [0, 0.05) is 38.8 Å². The van der Waals surface area contributed by atoms with Crippen molar-refractivity contribution in [1.82, 2.24) is 15.5 Å². The molecule has 0 aromatic rings. The summed E-state index contributed by atoms with van der Waals surface area (Å²) in [4.78, 5) is 7.52. The molecule has 0 saturated carbocycles. The predicted molar refractivity (Wildman–Crippen MR) is 108 cm³/mol.